The van der Waals surface area contributed by atoms with Gasteiger partial charge < -0.3 is 20.5 Å². The van der Waals surface area contributed by atoms with Crippen molar-refractivity contribution in [3.05, 3.63) is 52.6 Å². The second-order valence-electron chi connectivity index (χ2n) is 7.03. The lowest BCUT2D eigenvalue weighted by atomic mass is 10.1. The Kier molecular flexibility index (Phi) is 5.19. The highest BCUT2D eigenvalue weighted by molar-refractivity contribution is 6.31. The van der Waals surface area contributed by atoms with E-state index in [1.165, 1.54) is 6.20 Å². The molecule has 7 nitrogen and oxygen atoms in total. The molecule has 0 bridgehead atoms. The fourth-order valence-corrected chi connectivity index (χ4v) is 3.60. The number of carbonyl (C=O) groups excluding carboxylic acids is 1. The second-order valence-corrected chi connectivity index (χ2v) is 7.47. The molecule has 2 aliphatic heterocycles. The molecule has 0 spiro atoms. The summed E-state index contributed by atoms with van der Waals surface area (Å²) in [6.07, 6.45) is 2.17. The van der Waals surface area contributed by atoms with Crippen molar-refractivity contribution in [1.29, 1.82) is 0 Å². The third-order valence-corrected chi connectivity index (χ3v) is 5.05. The molecule has 1 amide bonds. The third kappa shape index (κ3) is 4.00. The summed E-state index contributed by atoms with van der Waals surface area (Å²) in [5.41, 5.74) is 2.28. The standard InChI is InChI=1S/C19H18ClF3N6O/c1-10-6-24-16(13-8-26-15-12(13)5-11(20)7-25-15)28-17(10)29-4-2-3-14(29)18(30)27-9-19(21,22)23/h2-3,5,7-8,14H,4,6,9H2,1H3,(H,24,28)(H,25,26)(H,27,30)/t14-/m1/s1. The minimum atomic E-state index is -4.47. The first kappa shape index (κ1) is 20.3. The van der Waals surface area contributed by atoms with Crippen LogP contribution >= 0.6 is 11.6 Å². The van der Waals surface area contributed by atoms with Gasteiger partial charge in [-0.2, -0.15) is 13.2 Å². The summed E-state index contributed by atoms with van der Waals surface area (Å²) >= 11 is 6.07. The topological polar surface area (TPSA) is 85.4 Å². The molecule has 30 heavy (non-hydrogen) atoms. The van der Waals surface area contributed by atoms with Gasteiger partial charge in [0.15, 0.2) is 0 Å². The highest BCUT2D eigenvalue weighted by atomic mass is 35.5. The number of aromatic amines is 1. The summed E-state index contributed by atoms with van der Waals surface area (Å²) < 4.78 is 37.4. The number of amides is 1. The number of H-pyrrole nitrogens is 1. The largest absolute Gasteiger partial charge is 0.405 e. The van der Waals surface area contributed by atoms with Gasteiger partial charge in [0, 0.05) is 29.9 Å². The summed E-state index contributed by atoms with van der Waals surface area (Å²) in [6.45, 7) is 1.26. The molecule has 0 fully saturated rings. The van der Waals surface area contributed by atoms with Gasteiger partial charge in [-0.05, 0) is 18.6 Å². The maximum Gasteiger partial charge on any atom is 0.405 e. The van der Waals surface area contributed by atoms with Crippen LogP contribution in [0.3, 0.4) is 0 Å². The highest BCUT2D eigenvalue weighted by Gasteiger charge is 2.34. The van der Waals surface area contributed by atoms with Crippen LogP contribution in [-0.2, 0) is 4.79 Å². The minimum absolute atomic E-state index is 0.381. The number of hydrogen-bond acceptors (Lipinski definition) is 5. The van der Waals surface area contributed by atoms with E-state index in [1.54, 1.807) is 29.3 Å². The van der Waals surface area contributed by atoms with E-state index in [1.807, 2.05) is 12.2 Å². The van der Waals surface area contributed by atoms with Gasteiger partial charge in [-0.25, -0.2) is 4.98 Å². The number of aromatic nitrogens is 2. The molecule has 3 N–H and O–H groups in total. The lowest BCUT2D eigenvalue weighted by Crippen LogP contribution is -2.49. The predicted molar refractivity (Wildman–Crippen MR) is 107 cm³/mol. The van der Waals surface area contributed by atoms with Gasteiger partial charge in [0.1, 0.15) is 29.9 Å². The van der Waals surface area contributed by atoms with Gasteiger partial charge in [-0.15, -0.1) is 0 Å². The molecule has 11 heteroatoms. The molecule has 2 aromatic heterocycles. The minimum Gasteiger partial charge on any atom is -0.345 e. The van der Waals surface area contributed by atoms with E-state index in [0.29, 0.717) is 35.4 Å². The van der Waals surface area contributed by atoms with Crippen molar-refractivity contribution in [2.45, 2.75) is 19.1 Å². The number of halogens is 4. The van der Waals surface area contributed by atoms with Gasteiger partial charge in [-0.3, -0.25) is 9.79 Å². The number of nitrogens with one attached hydrogen (secondary N) is 3. The normalized spacial score (nSPS) is 19.3. The SMILES string of the molecule is CC1=C(N2CC=C[C@@H]2C(=O)NCC(F)(F)F)NC(c2c[nH]c3ncc(Cl)cc23)=NC1. The zero-order chi connectivity index (χ0) is 21.5. The molecule has 0 unspecified atom stereocenters. The first-order valence-corrected chi connectivity index (χ1v) is 9.53. The van der Waals surface area contributed by atoms with Crippen molar-refractivity contribution in [2.75, 3.05) is 19.6 Å². The van der Waals surface area contributed by atoms with Crippen LogP contribution in [0.1, 0.15) is 12.5 Å². The van der Waals surface area contributed by atoms with Gasteiger partial charge in [0.25, 0.3) is 0 Å². The number of rotatable bonds is 4. The number of fused-ring (bicyclic) bond motifs is 1. The maximum atomic E-state index is 12.5. The number of hydrogen-bond donors (Lipinski definition) is 3. The summed E-state index contributed by atoms with van der Waals surface area (Å²) in [4.78, 5) is 25.9. The van der Waals surface area contributed by atoms with Crippen LogP contribution in [-0.4, -0.2) is 58.5 Å². The van der Waals surface area contributed by atoms with Crippen LogP contribution < -0.4 is 10.6 Å². The number of amidine groups is 1. The first-order valence-electron chi connectivity index (χ1n) is 9.15. The van der Waals surface area contributed by atoms with Crippen molar-refractivity contribution >= 4 is 34.4 Å². The Morgan fingerprint density at radius 1 is 1.43 bits per heavy atom. The van der Waals surface area contributed by atoms with Crippen molar-refractivity contribution in [3.8, 4) is 0 Å². The molecular weight excluding hydrogens is 421 g/mol. The highest BCUT2D eigenvalue weighted by Crippen LogP contribution is 2.25. The Morgan fingerprint density at radius 2 is 2.23 bits per heavy atom. The van der Waals surface area contributed by atoms with E-state index in [4.69, 9.17) is 11.6 Å². The zero-order valence-electron chi connectivity index (χ0n) is 15.8. The molecular formula is C19H18ClF3N6O. The first-order chi connectivity index (χ1) is 14.2. The van der Waals surface area contributed by atoms with E-state index in [2.05, 4.69) is 20.3 Å². The predicted octanol–water partition coefficient (Wildman–Crippen LogP) is 2.72. The maximum absolute atomic E-state index is 12.5. The van der Waals surface area contributed by atoms with E-state index in [0.717, 1.165) is 16.5 Å². The van der Waals surface area contributed by atoms with Gasteiger partial charge in [-0.1, -0.05) is 23.8 Å². The van der Waals surface area contributed by atoms with Gasteiger partial charge in [0.2, 0.25) is 5.91 Å². The molecule has 4 rings (SSSR count). The van der Waals surface area contributed by atoms with Crippen LogP contribution in [0.2, 0.25) is 5.02 Å². The average molecular weight is 439 g/mol. The van der Waals surface area contributed by atoms with Crippen molar-refractivity contribution in [1.82, 2.24) is 25.5 Å². The van der Waals surface area contributed by atoms with E-state index in [-0.39, 0.29) is 0 Å². The van der Waals surface area contributed by atoms with Crippen LogP contribution in [0.5, 0.6) is 0 Å². The lowest BCUT2D eigenvalue weighted by Gasteiger charge is -2.32. The van der Waals surface area contributed by atoms with E-state index < -0.39 is 24.7 Å². The third-order valence-electron chi connectivity index (χ3n) is 4.84. The van der Waals surface area contributed by atoms with Crippen LogP contribution in [0.4, 0.5) is 13.2 Å². The molecule has 1 atom stereocenters. The van der Waals surface area contributed by atoms with Crippen LogP contribution in [0.15, 0.2) is 47.0 Å². The Labute approximate surface area is 174 Å². The molecule has 2 aliphatic rings. The summed E-state index contributed by atoms with van der Waals surface area (Å²) in [6, 6.07) is 0.929. The fourth-order valence-electron chi connectivity index (χ4n) is 3.45. The molecule has 2 aromatic rings. The molecule has 0 saturated carbocycles. The fraction of sp³-hybridized carbons (Fsp3) is 0.316. The molecule has 158 valence electrons. The molecule has 0 aromatic carbocycles. The zero-order valence-corrected chi connectivity index (χ0v) is 16.6. The molecule has 0 saturated heterocycles. The van der Waals surface area contributed by atoms with Crippen molar-refractivity contribution in [3.63, 3.8) is 0 Å². The number of nitrogens with zero attached hydrogens (tertiary/aromatic N) is 3. The number of aliphatic imine (C=N–C) groups is 1. The van der Waals surface area contributed by atoms with Gasteiger partial charge in [0.05, 0.1) is 11.6 Å². The van der Waals surface area contributed by atoms with Crippen molar-refractivity contribution in [2.24, 2.45) is 4.99 Å². The molecule has 0 radical (unpaired) electrons. The summed E-state index contributed by atoms with van der Waals surface area (Å²) in [7, 11) is 0. The quantitative estimate of drug-likeness (QED) is 0.641. The Hall–Kier alpha value is -3.01. The molecule has 4 heterocycles. The average Bonchev–Trinajstić information content (AvgIpc) is 3.33. The van der Waals surface area contributed by atoms with Crippen LogP contribution in [0, 0.1) is 0 Å². The smallest absolute Gasteiger partial charge is 0.345 e. The Bertz CT molecular complexity index is 1090. The summed E-state index contributed by atoms with van der Waals surface area (Å²) in [5, 5.41) is 6.46. The van der Waals surface area contributed by atoms with E-state index >= 15 is 0 Å². The number of pyridine rings is 1. The summed E-state index contributed by atoms with van der Waals surface area (Å²) in [5.74, 6) is 0.490. The Balaban J connectivity index is 1.55. The monoisotopic (exact) mass is 438 g/mol. The second kappa shape index (κ2) is 7.67. The number of carbonyl (C=O) groups is 1. The van der Waals surface area contributed by atoms with Crippen molar-refractivity contribution < 1.29 is 18.0 Å². The molecule has 0 aliphatic carbocycles. The Morgan fingerprint density at radius 3 is 3.00 bits per heavy atom. The van der Waals surface area contributed by atoms with E-state index in [9.17, 15) is 18.0 Å². The van der Waals surface area contributed by atoms with Crippen LogP contribution in [0.25, 0.3) is 11.0 Å². The number of alkyl halides is 3. The van der Waals surface area contributed by atoms with Gasteiger partial charge >= 0.3 is 6.18 Å². The lowest BCUT2D eigenvalue weighted by molar-refractivity contribution is -0.140.